The monoisotopic (exact) mass is 410 g/mol. The number of azo groups is 2. The van der Waals surface area contributed by atoms with E-state index in [2.05, 4.69) is 15.3 Å². The number of rotatable bonds is 7. The zero-order valence-electron chi connectivity index (χ0n) is 17.3. The Kier molecular flexibility index (Phi) is 8.09. The molecule has 0 bridgehead atoms. The van der Waals surface area contributed by atoms with Gasteiger partial charge in [-0.2, -0.15) is 0 Å². The summed E-state index contributed by atoms with van der Waals surface area (Å²) in [5.41, 5.74) is -1.84. The van der Waals surface area contributed by atoms with Crippen molar-refractivity contribution in [3.8, 4) is 0 Å². The lowest BCUT2D eigenvalue weighted by molar-refractivity contribution is -0.814. The summed E-state index contributed by atoms with van der Waals surface area (Å²) in [6.07, 6.45) is -1.91. The second kappa shape index (κ2) is 8.76. The Morgan fingerprint density at radius 1 is 0.889 bits per heavy atom. The molecule has 0 aliphatic rings. The summed E-state index contributed by atoms with van der Waals surface area (Å²) < 4.78 is 24.4. The van der Waals surface area contributed by atoms with Gasteiger partial charge in [-0.3, -0.25) is 0 Å². The molecule has 158 valence electrons. The van der Waals surface area contributed by atoms with Crippen molar-refractivity contribution in [1.82, 2.24) is 0 Å². The molecule has 0 aliphatic carbocycles. The van der Waals surface area contributed by atoms with Gasteiger partial charge >= 0.3 is 11.5 Å². The fourth-order valence-corrected chi connectivity index (χ4v) is 2.58. The minimum atomic E-state index is -4.19. The second-order valence-corrected chi connectivity index (χ2v) is 10.4. The van der Waals surface area contributed by atoms with E-state index < -0.39 is 38.6 Å². The molecule has 0 aromatic carbocycles. The van der Waals surface area contributed by atoms with Gasteiger partial charge in [0.25, 0.3) is 0 Å². The zero-order valence-corrected chi connectivity index (χ0v) is 18.1. The largest absolute Gasteiger partial charge is 0.595 e. The summed E-state index contributed by atoms with van der Waals surface area (Å²) in [6, 6.07) is 0. The molecule has 0 radical (unpaired) electrons. The van der Waals surface area contributed by atoms with Crippen molar-refractivity contribution in [3.63, 3.8) is 0 Å². The molecule has 0 N–H and O–H groups in total. The van der Waals surface area contributed by atoms with E-state index in [-0.39, 0.29) is 14.7 Å². The third kappa shape index (κ3) is 10.0. The third-order valence-corrected chi connectivity index (χ3v) is 3.67. The molecule has 12 nitrogen and oxygen atoms in total. The maximum atomic E-state index is 12.5. The zero-order chi connectivity index (χ0) is 21.8. The molecule has 13 heteroatoms. The first kappa shape index (κ1) is 24.9. The fraction of sp³-hybridized carbons (Fsp3) is 1.00. The first-order valence-corrected chi connectivity index (χ1v) is 10.2. The third-order valence-electron chi connectivity index (χ3n) is 2.45. The van der Waals surface area contributed by atoms with Crippen LogP contribution in [0.2, 0.25) is 0 Å². The topological polar surface area (TPSA) is 159 Å². The molecule has 0 saturated carbocycles. The van der Waals surface area contributed by atoms with Crippen molar-refractivity contribution in [2.75, 3.05) is 6.26 Å². The van der Waals surface area contributed by atoms with E-state index in [4.69, 9.17) is 4.84 Å². The molecule has 27 heavy (non-hydrogen) atoms. The molecule has 0 fully saturated rings. The summed E-state index contributed by atoms with van der Waals surface area (Å²) in [5.74, 6) is 0. The van der Waals surface area contributed by atoms with Crippen molar-refractivity contribution in [1.29, 1.82) is 0 Å². The van der Waals surface area contributed by atoms with E-state index in [1.165, 1.54) is 13.8 Å². The van der Waals surface area contributed by atoms with Crippen molar-refractivity contribution < 1.29 is 28.0 Å². The molecule has 0 aliphatic heterocycles. The second-order valence-electron chi connectivity index (χ2n) is 8.29. The van der Waals surface area contributed by atoms with Crippen LogP contribution in [-0.4, -0.2) is 58.1 Å². The molecule has 0 aromatic heterocycles. The number of hydroxylamine groups is 2. The SMILES string of the molecule is CC(C)O/[N+]([O-])=N/C(C([N+]([O-])=NC(C)(C)C)[N+]([O-])=NC(C)(C)C)S(C)(=O)=O. The lowest BCUT2D eigenvalue weighted by Crippen LogP contribution is -2.46. The van der Waals surface area contributed by atoms with Crippen molar-refractivity contribution >= 4 is 9.84 Å². The quantitative estimate of drug-likeness (QED) is 0.271. The van der Waals surface area contributed by atoms with Crippen molar-refractivity contribution in [2.45, 2.75) is 84.1 Å². The van der Waals surface area contributed by atoms with Gasteiger partial charge in [-0.05, 0) is 75.3 Å². The van der Waals surface area contributed by atoms with Crippen LogP contribution in [0.3, 0.4) is 0 Å². The summed E-state index contributed by atoms with van der Waals surface area (Å²) in [7, 11) is -4.19. The molecule has 0 rings (SSSR count). The lowest BCUT2D eigenvalue weighted by Gasteiger charge is -2.19. The Morgan fingerprint density at radius 2 is 1.26 bits per heavy atom. The summed E-state index contributed by atoms with van der Waals surface area (Å²) >= 11 is 0. The van der Waals surface area contributed by atoms with E-state index >= 15 is 0 Å². The first-order chi connectivity index (χ1) is 11.8. The van der Waals surface area contributed by atoms with Crippen LogP contribution in [0, 0.1) is 15.6 Å². The molecule has 0 aromatic rings. The lowest BCUT2D eigenvalue weighted by atomic mass is 10.1. The number of nitrogens with zero attached hydrogens (tertiary/aromatic N) is 6. The Hall–Kier alpha value is -2.05. The van der Waals surface area contributed by atoms with Gasteiger partial charge in [0.2, 0.25) is 0 Å². The van der Waals surface area contributed by atoms with Crippen LogP contribution in [0.15, 0.2) is 15.3 Å². The highest BCUT2D eigenvalue weighted by Crippen LogP contribution is 2.18. The van der Waals surface area contributed by atoms with E-state index in [1.54, 1.807) is 41.5 Å². The standard InChI is InChI=1S/C14H30N6O6S/c1-10(2)26-20(23)15-11(27(9,24)25)12(18(21)16-13(3,4)5)19(22)17-14(6,7)8/h10-12H,1-9H3/b18-16?,19-17?,20-15+. The molecule has 0 spiro atoms. The van der Waals surface area contributed by atoms with Crippen LogP contribution in [-0.2, 0) is 14.7 Å². The Balaban J connectivity index is 6.57. The van der Waals surface area contributed by atoms with Crippen LogP contribution in [0.25, 0.3) is 0 Å². The van der Waals surface area contributed by atoms with Gasteiger partial charge in [-0.15, -0.1) is 0 Å². The minimum Gasteiger partial charge on any atom is -0.595 e. The minimum absolute atomic E-state index is 0.0827. The van der Waals surface area contributed by atoms with Crippen LogP contribution in [0.4, 0.5) is 0 Å². The van der Waals surface area contributed by atoms with Gasteiger partial charge in [0, 0.05) is 6.26 Å². The average molecular weight is 410 g/mol. The van der Waals surface area contributed by atoms with Gasteiger partial charge in [0.15, 0.2) is 14.9 Å². The van der Waals surface area contributed by atoms with E-state index in [0.29, 0.717) is 0 Å². The van der Waals surface area contributed by atoms with Crippen LogP contribution in [0.5, 0.6) is 0 Å². The highest BCUT2D eigenvalue weighted by Gasteiger charge is 2.50. The Bertz CT molecular complexity index is 673. The normalized spacial score (nSPS) is 17.8. The average Bonchev–Trinajstić information content (AvgIpc) is 2.30. The first-order valence-electron chi connectivity index (χ1n) is 8.25. The van der Waals surface area contributed by atoms with E-state index in [1.807, 2.05) is 0 Å². The molecular weight excluding hydrogens is 380 g/mol. The number of hydrogen-bond acceptors (Lipinski definition) is 9. The fourth-order valence-electron chi connectivity index (χ4n) is 1.68. The Labute approximate surface area is 159 Å². The van der Waals surface area contributed by atoms with Gasteiger partial charge in [0.1, 0.15) is 11.1 Å². The maximum absolute atomic E-state index is 12.5. The number of hydrogen-bond donors (Lipinski definition) is 0. The Morgan fingerprint density at radius 3 is 1.52 bits per heavy atom. The molecule has 1 atom stereocenters. The molecule has 1 unspecified atom stereocenters. The summed E-state index contributed by atoms with van der Waals surface area (Å²) in [4.78, 5) is 4.57. The van der Waals surface area contributed by atoms with Crippen LogP contribution >= 0.6 is 0 Å². The van der Waals surface area contributed by atoms with Gasteiger partial charge in [-0.25, -0.2) is 13.6 Å². The smallest absolute Gasteiger partial charge is 0.452 e. The number of sulfone groups is 1. The predicted molar refractivity (Wildman–Crippen MR) is 96.3 cm³/mol. The molecule has 0 heterocycles. The molecule has 0 amide bonds. The highest BCUT2D eigenvalue weighted by molar-refractivity contribution is 7.91. The van der Waals surface area contributed by atoms with E-state index in [9.17, 15) is 24.0 Å². The van der Waals surface area contributed by atoms with Crippen LogP contribution in [0.1, 0.15) is 55.4 Å². The van der Waals surface area contributed by atoms with Gasteiger partial charge in [-0.1, -0.05) is 0 Å². The van der Waals surface area contributed by atoms with Crippen molar-refractivity contribution in [2.24, 2.45) is 15.3 Å². The molecular formula is C14H30N6O6S. The predicted octanol–water partition coefficient (Wildman–Crippen LogP) is 2.51. The van der Waals surface area contributed by atoms with Crippen LogP contribution < -0.4 is 0 Å². The van der Waals surface area contributed by atoms with E-state index in [0.717, 1.165) is 6.26 Å². The van der Waals surface area contributed by atoms with Crippen molar-refractivity contribution in [3.05, 3.63) is 15.6 Å². The summed E-state index contributed by atoms with van der Waals surface area (Å²) in [6.45, 7) is 12.5. The maximum Gasteiger partial charge on any atom is 0.452 e. The van der Waals surface area contributed by atoms with Gasteiger partial charge < -0.3 is 15.3 Å². The summed E-state index contributed by atoms with van der Waals surface area (Å²) in [5, 5.41) is 45.3. The van der Waals surface area contributed by atoms with Gasteiger partial charge in [0.05, 0.1) is 11.2 Å². The molecule has 0 saturated heterocycles. The highest BCUT2D eigenvalue weighted by atomic mass is 32.2.